The lowest BCUT2D eigenvalue weighted by Gasteiger charge is -2.40. The van der Waals surface area contributed by atoms with Gasteiger partial charge in [0.05, 0.1) is 22.7 Å². The van der Waals surface area contributed by atoms with Gasteiger partial charge in [-0.1, -0.05) is 12.1 Å². The molecule has 0 bridgehead atoms. The van der Waals surface area contributed by atoms with Crippen molar-refractivity contribution in [2.24, 2.45) is 0 Å². The van der Waals surface area contributed by atoms with Crippen molar-refractivity contribution in [3.05, 3.63) is 41.5 Å². The Balaban J connectivity index is 1.83. The van der Waals surface area contributed by atoms with E-state index in [1.807, 2.05) is 30.5 Å². The molecule has 2 aliphatic rings. The zero-order chi connectivity index (χ0) is 12.3. The van der Waals surface area contributed by atoms with Crippen LogP contribution in [-0.2, 0) is 9.54 Å². The summed E-state index contributed by atoms with van der Waals surface area (Å²) in [6.07, 6.45) is 4.39. The van der Waals surface area contributed by atoms with Crippen molar-refractivity contribution in [3.8, 4) is 0 Å². The normalized spacial score (nSPS) is 29.7. The maximum absolute atomic E-state index is 11.4. The van der Waals surface area contributed by atoms with Crippen molar-refractivity contribution in [1.29, 1.82) is 0 Å². The molecule has 1 aromatic carbocycles. The largest absolute Gasteiger partial charge is 0.314 e. The van der Waals surface area contributed by atoms with Crippen LogP contribution in [0.4, 0.5) is 0 Å². The molecule has 2 atom stereocenters. The first kappa shape index (κ1) is 10.6. The quantitative estimate of drug-likeness (QED) is 0.640. The molecule has 0 N–H and O–H groups in total. The smallest absolute Gasteiger partial charge is 0.229 e. The van der Waals surface area contributed by atoms with Crippen LogP contribution in [0.15, 0.2) is 36.5 Å². The molecule has 1 fully saturated rings. The topological polar surface area (TPSA) is 33.2 Å². The fraction of sp³-hybridized carbons (Fsp3) is 0.231. The molecule has 1 saturated heterocycles. The summed E-state index contributed by atoms with van der Waals surface area (Å²) in [6.45, 7) is 0. The van der Waals surface area contributed by atoms with E-state index in [0.717, 1.165) is 10.5 Å². The van der Waals surface area contributed by atoms with E-state index in [4.69, 9.17) is 12.6 Å². The van der Waals surface area contributed by atoms with Crippen LogP contribution in [0.1, 0.15) is 11.4 Å². The number of β-lactam (4-membered cyclic amide) rings is 1. The van der Waals surface area contributed by atoms with Crippen molar-refractivity contribution in [3.63, 3.8) is 0 Å². The zero-order valence-corrected chi connectivity index (χ0v) is 11.1. The van der Waals surface area contributed by atoms with E-state index in [2.05, 4.69) is 11.1 Å². The predicted octanol–water partition coefficient (Wildman–Crippen LogP) is 2.55. The number of thiazole rings is 1. The summed E-state index contributed by atoms with van der Waals surface area (Å²) in [5.74, 6) is 0.174. The first-order chi connectivity index (χ1) is 8.68. The molecular weight excluding hydrogens is 264 g/mol. The summed E-state index contributed by atoms with van der Waals surface area (Å²) in [4.78, 5) is 17.9. The molecule has 1 aromatic heterocycles. The average molecular weight is 274 g/mol. The van der Waals surface area contributed by atoms with Crippen molar-refractivity contribution < 1.29 is 4.79 Å². The fourth-order valence-electron chi connectivity index (χ4n) is 2.55. The first-order valence-electron chi connectivity index (χ1n) is 5.77. The molecule has 3 nitrogen and oxygen atoms in total. The Morgan fingerprint density at radius 3 is 3.00 bits per heavy atom. The van der Waals surface area contributed by atoms with E-state index < -0.39 is 4.75 Å². The van der Waals surface area contributed by atoms with Gasteiger partial charge in [0.1, 0.15) is 9.75 Å². The number of carbonyl (C=O) groups is 1. The standard InChI is InChI=1S/C13H10N2OS2/c16-11-7-10-13(17,5-6-15(10)11)12-14-8-3-1-2-4-9(8)18-12/h1-6,10,17H,7H2/t10-,13?/m0/s1. The molecule has 2 aliphatic heterocycles. The van der Waals surface area contributed by atoms with Crippen LogP contribution < -0.4 is 0 Å². The van der Waals surface area contributed by atoms with Crippen LogP contribution in [0.5, 0.6) is 0 Å². The Bertz CT molecular complexity index is 660. The zero-order valence-electron chi connectivity index (χ0n) is 9.41. The Morgan fingerprint density at radius 1 is 1.44 bits per heavy atom. The second-order valence-electron chi connectivity index (χ2n) is 4.65. The lowest BCUT2D eigenvalue weighted by Crippen LogP contribution is -2.53. The molecule has 2 aromatic rings. The van der Waals surface area contributed by atoms with Crippen LogP contribution in [0.25, 0.3) is 10.2 Å². The summed E-state index contributed by atoms with van der Waals surface area (Å²) >= 11 is 6.45. The summed E-state index contributed by atoms with van der Waals surface area (Å²) in [5, 5.41) is 0.975. The molecule has 1 unspecified atom stereocenters. The number of rotatable bonds is 1. The minimum absolute atomic E-state index is 0.133. The molecule has 3 heterocycles. The third-order valence-electron chi connectivity index (χ3n) is 3.63. The maximum Gasteiger partial charge on any atom is 0.229 e. The van der Waals surface area contributed by atoms with Gasteiger partial charge in [0.2, 0.25) is 5.91 Å². The van der Waals surface area contributed by atoms with Gasteiger partial charge in [-0.25, -0.2) is 4.98 Å². The summed E-state index contributed by atoms with van der Waals surface area (Å²) < 4.78 is 0.746. The second kappa shape index (κ2) is 3.36. The Kier molecular flexibility index (Phi) is 1.98. The number of para-hydroxylation sites is 1. The van der Waals surface area contributed by atoms with Gasteiger partial charge in [0.15, 0.2) is 0 Å². The van der Waals surface area contributed by atoms with Gasteiger partial charge in [0, 0.05) is 6.20 Å². The molecule has 0 aliphatic carbocycles. The van der Waals surface area contributed by atoms with E-state index in [1.54, 1.807) is 16.2 Å². The number of fused-ring (bicyclic) bond motifs is 2. The van der Waals surface area contributed by atoms with Crippen molar-refractivity contribution >= 4 is 40.1 Å². The number of amides is 1. The van der Waals surface area contributed by atoms with Crippen molar-refractivity contribution in [2.75, 3.05) is 0 Å². The van der Waals surface area contributed by atoms with E-state index >= 15 is 0 Å². The third-order valence-corrected chi connectivity index (χ3v) is 5.62. The molecule has 0 radical (unpaired) electrons. The van der Waals surface area contributed by atoms with Gasteiger partial charge in [-0.15, -0.1) is 11.3 Å². The number of benzene rings is 1. The number of carbonyl (C=O) groups excluding carboxylic acids is 1. The molecule has 0 spiro atoms. The molecular formula is C13H10N2OS2. The minimum Gasteiger partial charge on any atom is -0.314 e. The van der Waals surface area contributed by atoms with Crippen LogP contribution in [0, 0.1) is 0 Å². The van der Waals surface area contributed by atoms with Crippen molar-refractivity contribution in [1.82, 2.24) is 9.88 Å². The molecule has 1 amide bonds. The number of hydrogen-bond donors (Lipinski definition) is 1. The lowest BCUT2D eigenvalue weighted by molar-refractivity contribution is -0.141. The van der Waals surface area contributed by atoms with E-state index in [1.165, 1.54) is 4.70 Å². The van der Waals surface area contributed by atoms with Crippen LogP contribution in [0.2, 0.25) is 0 Å². The highest BCUT2D eigenvalue weighted by Gasteiger charge is 2.53. The average Bonchev–Trinajstić information content (AvgIpc) is 2.89. The highest BCUT2D eigenvalue weighted by Crippen LogP contribution is 2.48. The van der Waals surface area contributed by atoms with Gasteiger partial charge < -0.3 is 4.90 Å². The Hall–Kier alpha value is -1.33. The minimum atomic E-state index is -0.419. The Morgan fingerprint density at radius 2 is 2.28 bits per heavy atom. The summed E-state index contributed by atoms with van der Waals surface area (Å²) in [6, 6.07) is 8.21. The molecule has 90 valence electrons. The highest BCUT2D eigenvalue weighted by molar-refractivity contribution is 7.81. The highest BCUT2D eigenvalue weighted by atomic mass is 32.1. The Labute approximate surface area is 114 Å². The van der Waals surface area contributed by atoms with Gasteiger partial charge >= 0.3 is 0 Å². The number of nitrogens with zero attached hydrogens (tertiary/aromatic N) is 2. The van der Waals surface area contributed by atoms with Crippen molar-refractivity contribution in [2.45, 2.75) is 17.2 Å². The van der Waals surface area contributed by atoms with Gasteiger partial charge in [-0.05, 0) is 18.2 Å². The van der Waals surface area contributed by atoms with Gasteiger partial charge in [-0.3, -0.25) is 4.79 Å². The summed E-state index contributed by atoms with van der Waals surface area (Å²) in [7, 11) is 0. The van der Waals surface area contributed by atoms with E-state index in [-0.39, 0.29) is 11.9 Å². The maximum atomic E-state index is 11.4. The second-order valence-corrected chi connectivity index (χ2v) is 6.42. The molecule has 4 rings (SSSR count). The first-order valence-corrected chi connectivity index (χ1v) is 7.04. The van der Waals surface area contributed by atoms with Crippen LogP contribution in [0.3, 0.4) is 0 Å². The van der Waals surface area contributed by atoms with Gasteiger partial charge in [-0.2, -0.15) is 12.6 Å². The van der Waals surface area contributed by atoms with E-state index in [9.17, 15) is 4.79 Å². The molecule has 0 saturated carbocycles. The summed E-state index contributed by atoms with van der Waals surface area (Å²) in [5.41, 5.74) is 1.00. The number of thiol groups is 1. The molecule has 18 heavy (non-hydrogen) atoms. The number of aromatic nitrogens is 1. The monoisotopic (exact) mass is 274 g/mol. The number of hydrogen-bond acceptors (Lipinski definition) is 4. The predicted molar refractivity (Wildman–Crippen MR) is 74.7 cm³/mol. The third kappa shape index (κ3) is 1.21. The van der Waals surface area contributed by atoms with E-state index in [0.29, 0.717) is 6.42 Å². The van der Waals surface area contributed by atoms with Gasteiger partial charge in [0.25, 0.3) is 0 Å². The lowest BCUT2D eigenvalue weighted by atomic mass is 9.92. The molecule has 5 heteroatoms. The fourth-order valence-corrected chi connectivity index (χ4v) is 4.10. The SMILES string of the molecule is O=C1C[C@@H]2N1C=CC2(S)c1nc2ccccc2s1. The van der Waals surface area contributed by atoms with Crippen LogP contribution >= 0.6 is 24.0 Å². The van der Waals surface area contributed by atoms with Crippen LogP contribution in [-0.4, -0.2) is 21.8 Å².